The SMILES string of the molecule is C[C@@H]1C[C@H](c2ccccc2)ON1Cc1ccccc1. The summed E-state index contributed by atoms with van der Waals surface area (Å²) in [6.45, 7) is 3.08. The van der Waals surface area contributed by atoms with Crippen molar-refractivity contribution in [2.24, 2.45) is 0 Å². The Bertz CT molecular complexity index is 511. The van der Waals surface area contributed by atoms with E-state index in [1.807, 2.05) is 12.1 Å². The molecule has 3 rings (SSSR count). The van der Waals surface area contributed by atoms with Crippen LogP contribution in [0.25, 0.3) is 0 Å². The highest BCUT2D eigenvalue weighted by molar-refractivity contribution is 5.19. The van der Waals surface area contributed by atoms with Crippen LogP contribution in [0.1, 0.15) is 30.6 Å². The Kier molecular flexibility index (Phi) is 3.62. The van der Waals surface area contributed by atoms with Crippen molar-refractivity contribution in [1.29, 1.82) is 0 Å². The van der Waals surface area contributed by atoms with Gasteiger partial charge in [0.1, 0.15) is 6.10 Å². The van der Waals surface area contributed by atoms with Crippen LogP contribution >= 0.6 is 0 Å². The molecule has 0 spiro atoms. The highest BCUT2D eigenvalue weighted by Crippen LogP contribution is 2.33. The van der Waals surface area contributed by atoms with Crippen molar-refractivity contribution < 1.29 is 4.84 Å². The molecule has 2 aromatic rings. The molecule has 0 N–H and O–H groups in total. The number of rotatable bonds is 3. The van der Waals surface area contributed by atoms with E-state index in [0.717, 1.165) is 13.0 Å². The maximum absolute atomic E-state index is 6.10. The van der Waals surface area contributed by atoms with E-state index in [0.29, 0.717) is 6.04 Å². The summed E-state index contributed by atoms with van der Waals surface area (Å²) in [4.78, 5) is 6.10. The number of benzene rings is 2. The fourth-order valence-electron chi connectivity index (χ4n) is 2.56. The van der Waals surface area contributed by atoms with Gasteiger partial charge in [-0.1, -0.05) is 60.7 Å². The molecule has 0 bridgehead atoms. The molecule has 0 radical (unpaired) electrons. The fraction of sp³-hybridized carbons (Fsp3) is 0.294. The highest BCUT2D eigenvalue weighted by Gasteiger charge is 2.31. The number of hydroxylamine groups is 2. The number of hydrogen-bond acceptors (Lipinski definition) is 2. The van der Waals surface area contributed by atoms with Gasteiger partial charge in [-0.15, -0.1) is 0 Å². The summed E-state index contributed by atoms with van der Waals surface area (Å²) >= 11 is 0. The molecular formula is C17H19NO. The lowest BCUT2D eigenvalue weighted by atomic mass is 10.0. The molecule has 0 aliphatic carbocycles. The van der Waals surface area contributed by atoms with E-state index >= 15 is 0 Å². The van der Waals surface area contributed by atoms with Gasteiger partial charge in [0, 0.05) is 12.6 Å². The molecule has 2 nitrogen and oxygen atoms in total. The first-order chi connectivity index (χ1) is 9.33. The second-order valence-electron chi connectivity index (χ2n) is 5.15. The summed E-state index contributed by atoms with van der Waals surface area (Å²) in [6.07, 6.45) is 1.25. The predicted octanol–water partition coefficient (Wildman–Crippen LogP) is 3.95. The van der Waals surface area contributed by atoms with Gasteiger partial charge in [0.15, 0.2) is 0 Å². The van der Waals surface area contributed by atoms with Gasteiger partial charge in [-0.25, -0.2) is 0 Å². The van der Waals surface area contributed by atoms with E-state index in [-0.39, 0.29) is 6.10 Å². The number of hydrogen-bond donors (Lipinski definition) is 0. The zero-order chi connectivity index (χ0) is 13.1. The first kappa shape index (κ1) is 12.4. The van der Waals surface area contributed by atoms with Crippen LogP contribution < -0.4 is 0 Å². The Balaban J connectivity index is 1.69. The minimum absolute atomic E-state index is 0.194. The Morgan fingerprint density at radius 3 is 2.32 bits per heavy atom. The zero-order valence-corrected chi connectivity index (χ0v) is 11.2. The second-order valence-corrected chi connectivity index (χ2v) is 5.15. The summed E-state index contributed by atoms with van der Waals surface area (Å²) in [5, 5.41) is 2.10. The van der Waals surface area contributed by atoms with Crippen molar-refractivity contribution in [3.05, 3.63) is 71.8 Å². The molecule has 0 aromatic heterocycles. The molecule has 98 valence electrons. The third-order valence-electron chi connectivity index (χ3n) is 3.66. The summed E-state index contributed by atoms with van der Waals surface area (Å²) < 4.78 is 0. The summed E-state index contributed by atoms with van der Waals surface area (Å²) in [7, 11) is 0. The molecule has 0 unspecified atom stereocenters. The van der Waals surface area contributed by atoms with Crippen molar-refractivity contribution in [2.45, 2.75) is 32.0 Å². The van der Waals surface area contributed by atoms with Crippen LogP contribution in [-0.4, -0.2) is 11.1 Å². The molecule has 2 atom stereocenters. The molecular weight excluding hydrogens is 234 g/mol. The first-order valence-electron chi connectivity index (χ1n) is 6.85. The lowest BCUT2D eigenvalue weighted by Gasteiger charge is -2.20. The molecule has 1 heterocycles. The van der Waals surface area contributed by atoms with Crippen LogP contribution in [-0.2, 0) is 11.4 Å². The van der Waals surface area contributed by atoms with E-state index in [2.05, 4.69) is 60.5 Å². The van der Waals surface area contributed by atoms with E-state index < -0.39 is 0 Å². The summed E-state index contributed by atoms with van der Waals surface area (Å²) in [6, 6.07) is 21.4. The van der Waals surface area contributed by atoms with Gasteiger partial charge in [-0.05, 0) is 24.5 Å². The second kappa shape index (κ2) is 5.55. The number of nitrogens with zero attached hydrogens (tertiary/aromatic N) is 1. The monoisotopic (exact) mass is 253 g/mol. The largest absolute Gasteiger partial charge is 0.290 e. The predicted molar refractivity (Wildman–Crippen MR) is 76.3 cm³/mol. The minimum atomic E-state index is 0.194. The van der Waals surface area contributed by atoms with Gasteiger partial charge in [-0.3, -0.25) is 4.84 Å². The fourth-order valence-corrected chi connectivity index (χ4v) is 2.56. The van der Waals surface area contributed by atoms with Crippen LogP contribution in [0, 0.1) is 0 Å². The van der Waals surface area contributed by atoms with Crippen molar-refractivity contribution >= 4 is 0 Å². The Labute approximate surface area is 114 Å². The van der Waals surface area contributed by atoms with Gasteiger partial charge < -0.3 is 0 Å². The van der Waals surface area contributed by atoms with Gasteiger partial charge in [0.2, 0.25) is 0 Å². The van der Waals surface area contributed by atoms with E-state index in [1.165, 1.54) is 11.1 Å². The van der Waals surface area contributed by atoms with Crippen molar-refractivity contribution in [2.75, 3.05) is 0 Å². The van der Waals surface area contributed by atoms with Crippen LogP contribution in [0.2, 0.25) is 0 Å². The smallest absolute Gasteiger partial charge is 0.106 e. The van der Waals surface area contributed by atoms with Crippen molar-refractivity contribution in [1.82, 2.24) is 5.06 Å². The van der Waals surface area contributed by atoms with Crippen LogP contribution in [0.4, 0.5) is 0 Å². The van der Waals surface area contributed by atoms with Gasteiger partial charge in [0.05, 0.1) is 0 Å². The van der Waals surface area contributed by atoms with E-state index in [4.69, 9.17) is 4.84 Å². The van der Waals surface area contributed by atoms with E-state index in [1.54, 1.807) is 0 Å². The van der Waals surface area contributed by atoms with Gasteiger partial charge in [-0.2, -0.15) is 5.06 Å². The molecule has 2 aromatic carbocycles. The third kappa shape index (κ3) is 2.86. The quantitative estimate of drug-likeness (QED) is 0.821. The molecule has 1 aliphatic rings. The van der Waals surface area contributed by atoms with Crippen molar-refractivity contribution in [3.8, 4) is 0 Å². The normalized spacial score (nSPS) is 23.6. The average Bonchev–Trinajstić information content (AvgIpc) is 2.82. The Morgan fingerprint density at radius 2 is 1.63 bits per heavy atom. The Morgan fingerprint density at radius 1 is 1.00 bits per heavy atom. The topological polar surface area (TPSA) is 12.5 Å². The molecule has 0 amide bonds. The Hall–Kier alpha value is -1.64. The maximum atomic E-state index is 6.10. The maximum Gasteiger partial charge on any atom is 0.106 e. The molecule has 1 fully saturated rings. The van der Waals surface area contributed by atoms with Gasteiger partial charge >= 0.3 is 0 Å². The third-order valence-corrected chi connectivity index (χ3v) is 3.66. The minimum Gasteiger partial charge on any atom is -0.290 e. The highest BCUT2D eigenvalue weighted by atomic mass is 16.7. The van der Waals surface area contributed by atoms with Crippen LogP contribution in [0.15, 0.2) is 60.7 Å². The molecule has 2 heteroatoms. The lowest BCUT2D eigenvalue weighted by molar-refractivity contribution is -0.168. The van der Waals surface area contributed by atoms with Crippen LogP contribution in [0.3, 0.4) is 0 Å². The molecule has 19 heavy (non-hydrogen) atoms. The standard InChI is InChI=1S/C17H19NO/c1-14-12-17(16-10-6-3-7-11-16)19-18(14)13-15-8-4-2-5-9-15/h2-11,14,17H,12-13H2,1H3/t14-,17-/m1/s1. The van der Waals surface area contributed by atoms with Crippen LogP contribution in [0.5, 0.6) is 0 Å². The van der Waals surface area contributed by atoms with Gasteiger partial charge in [0.25, 0.3) is 0 Å². The van der Waals surface area contributed by atoms with Crippen molar-refractivity contribution in [3.63, 3.8) is 0 Å². The zero-order valence-electron chi connectivity index (χ0n) is 11.2. The van der Waals surface area contributed by atoms with E-state index in [9.17, 15) is 0 Å². The summed E-state index contributed by atoms with van der Waals surface area (Å²) in [5.74, 6) is 0. The molecule has 1 saturated heterocycles. The first-order valence-corrected chi connectivity index (χ1v) is 6.85. The molecule has 0 saturated carbocycles. The average molecular weight is 253 g/mol. The summed E-state index contributed by atoms with van der Waals surface area (Å²) in [5.41, 5.74) is 2.56. The molecule has 1 aliphatic heterocycles. The lowest BCUT2D eigenvalue weighted by Crippen LogP contribution is -2.24.